The van der Waals surface area contributed by atoms with Gasteiger partial charge in [0.1, 0.15) is 15.8 Å². The lowest BCUT2D eigenvalue weighted by molar-refractivity contribution is -0.128. The van der Waals surface area contributed by atoms with Gasteiger partial charge in [-0.1, -0.05) is 40.7 Å². The van der Waals surface area contributed by atoms with Gasteiger partial charge in [-0.05, 0) is 36.6 Å². The van der Waals surface area contributed by atoms with Crippen LogP contribution in [0.2, 0.25) is 0 Å². The number of benzene rings is 1. The number of Topliss-reactive ketones (excluding diaryl/α,β-unsaturated/α-hetero) is 1. The Morgan fingerprint density at radius 3 is 2.76 bits per heavy atom. The van der Waals surface area contributed by atoms with Crippen molar-refractivity contribution in [3.05, 3.63) is 59.7 Å². The van der Waals surface area contributed by atoms with Crippen molar-refractivity contribution in [3.8, 4) is 11.5 Å². The van der Waals surface area contributed by atoms with Crippen molar-refractivity contribution in [3.63, 3.8) is 0 Å². The van der Waals surface area contributed by atoms with Crippen LogP contribution in [0.5, 0.6) is 11.5 Å². The first-order valence-corrected chi connectivity index (χ1v) is 8.79. The van der Waals surface area contributed by atoms with E-state index in [-0.39, 0.29) is 17.3 Å². The third-order valence-electron chi connectivity index (χ3n) is 5.04. The maximum absolute atomic E-state index is 13.0. The Morgan fingerprint density at radius 1 is 1.40 bits per heavy atom. The normalized spacial score (nSPS) is 28.8. The van der Waals surface area contributed by atoms with E-state index in [1.54, 1.807) is 25.1 Å². The summed E-state index contributed by atoms with van der Waals surface area (Å²) >= 11 is 3.65. The van der Waals surface area contributed by atoms with Crippen LogP contribution >= 0.6 is 15.9 Å². The molecule has 1 aromatic carbocycles. The Balaban J connectivity index is 2.27. The summed E-state index contributed by atoms with van der Waals surface area (Å²) in [5, 5.41) is 9.76. The second-order valence-corrected chi connectivity index (χ2v) is 7.69. The molecule has 2 aliphatic carbocycles. The Labute approximate surface area is 155 Å². The van der Waals surface area contributed by atoms with E-state index in [9.17, 15) is 14.7 Å². The maximum Gasteiger partial charge on any atom is 0.174 e. The number of hydrogen-bond donors (Lipinski definition) is 1. The van der Waals surface area contributed by atoms with Crippen molar-refractivity contribution in [1.82, 2.24) is 0 Å². The first-order chi connectivity index (χ1) is 11.8. The number of fused-ring (bicyclic) bond motifs is 1. The zero-order valence-electron chi connectivity index (χ0n) is 14.1. The molecular formula is C20H19BrO4. The van der Waals surface area contributed by atoms with Crippen molar-refractivity contribution in [2.45, 2.75) is 23.6 Å². The van der Waals surface area contributed by atoms with Gasteiger partial charge in [-0.3, -0.25) is 9.59 Å². The molecule has 0 aliphatic heterocycles. The number of ether oxygens (including phenoxy) is 1. The Hall–Kier alpha value is -2.14. The number of rotatable bonds is 3. The monoisotopic (exact) mass is 402 g/mol. The molecule has 0 radical (unpaired) electrons. The molecule has 3 rings (SSSR count). The minimum atomic E-state index is -1.09. The highest BCUT2D eigenvalue weighted by Crippen LogP contribution is 2.55. The smallest absolute Gasteiger partial charge is 0.174 e. The van der Waals surface area contributed by atoms with E-state index in [4.69, 9.17) is 4.74 Å². The quantitative estimate of drug-likeness (QED) is 0.779. The topological polar surface area (TPSA) is 63.6 Å². The van der Waals surface area contributed by atoms with Crippen LogP contribution in [0.1, 0.15) is 24.8 Å². The highest BCUT2D eigenvalue weighted by Gasteiger charge is 2.56. The lowest BCUT2D eigenvalue weighted by Gasteiger charge is -2.45. The molecule has 0 saturated heterocycles. The summed E-state index contributed by atoms with van der Waals surface area (Å²) in [6.07, 6.45) is 5.55. The van der Waals surface area contributed by atoms with E-state index >= 15 is 0 Å². The fourth-order valence-corrected chi connectivity index (χ4v) is 4.82. The van der Waals surface area contributed by atoms with Crippen molar-refractivity contribution in [2.75, 3.05) is 7.11 Å². The largest absolute Gasteiger partial charge is 0.508 e. The van der Waals surface area contributed by atoms with Crippen LogP contribution in [0.4, 0.5) is 0 Å². The molecule has 0 fully saturated rings. The highest BCUT2D eigenvalue weighted by atomic mass is 79.9. The van der Waals surface area contributed by atoms with Gasteiger partial charge in [0.05, 0.1) is 7.11 Å². The molecule has 0 spiro atoms. The van der Waals surface area contributed by atoms with Gasteiger partial charge >= 0.3 is 0 Å². The Morgan fingerprint density at radius 2 is 2.12 bits per heavy atom. The number of phenols is 1. The van der Waals surface area contributed by atoms with E-state index in [0.29, 0.717) is 17.7 Å². The van der Waals surface area contributed by atoms with Crippen LogP contribution in [0.15, 0.2) is 54.2 Å². The van der Waals surface area contributed by atoms with Crippen molar-refractivity contribution in [1.29, 1.82) is 0 Å². The summed E-state index contributed by atoms with van der Waals surface area (Å²) in [6.45, 7) is 5.55. The number of halogens is 1. The summed E-state index contributed by atoms with van der Waals surface area (Å²) in [6, 6.07) is 4.78. The zero-order valence-corrected chi connectivity index (χ0v) is 15.7. The second kappa shape index (κ2) is 6.30. The number of hydrogen-bond acceptors (Lipinski definition) is 4. The molecule has 2 aliphatic rings. The van der Waals surface area contributed by atoms with Crippen LogP contribution in [-0.2, 0) is 9.59 Å². The summed E-state index contributed by atoms with van der Waals surface area (Å²) in [5.41, 5.74) is 2.06. The van der Waals surface area contributed by atoms with Gasteiger partial charge in [0.25, 0.3) is 0 Å². The average Bonchev–Trinajstić information content (AvgIpc) is 2.59. The van der Waals surface area contributed by atoms with E-state index in [1.807, 2.05) is 6.08 Å². The third-order valence-corrected chi connectivity index (χ3v) is 6.45. The Kier molecular flexibility index (Phi) is 4.45. The minimum absolute atomic E-state index is 0.0291. The van der Waals surface area contributed by atoms with E-state index in [2.05, 4.69) is 22.5 Å². The maximum atomic E-state index is 13.0. The fraction of sp³-hybridized carbons (Fsp3) is 0.300. The molecule has 1 N–H and O–H groups in total. The van der Waals surface area contributed by atoms with Gasteiger partial charge in [-0.25, -0.2) is 0 Å². The SMILES string of the molecule is C=CC1=CC[C@H]2C(=O)C(C)=CC(=O)[C@@]2(Br)[C@H]1c1ccc(O)cc1OC. The van der Waals surface area contributed by atoms with Gasteiger partial charge in [0.2, 0.25) is 0 Å². The van der Waals surface area contributed by atoms with Crippen LogP contribution in [-0.4, -0.2) is 28.1 Å². The molecule has 1 aromatic rings. The first-order valence-electron chi connectivity index (χ1n) is 7.99. The number of carbonyl (C=O) groups is 2. The number of alkyl halides is 1. The molecule has 0 heterocycles. The van der Waals surface area contributed by atoms with Gasteiger partial charge in [0.15, 0.2) is 11.6 Å². The summed E-state index contributed by atoms with van der Waals surface area (Å²) in [4.78, 5) is 25.7. The molecule has 3 atom stereocenters. The molecule has 0 unspecified atom stereocenters. The fourth-order valence-electron chi connectivity index (χ4n) is 3.80. The van der Waals surface area contributed by atoms with Crippen molar-refractivity contribution >= 4 is 27.5 Å². The standard InChI is InChI=1S/C20H19BrO4/c1-4-12-5-8-15-19(24)11(2)9-17(23)20(15,21)18(12)14-7-6-13(22)10-16(14)25-3/h4-7,9-10,15,18,22H,1,8H2,2-3H3/t15-,18+,20+/m0/s1. The molecular weight excluding hydrogens is 384 g/mol. The number of phenolic OH excluding ortho intramolecular Hbond substituents is 1. The van der Waals surface area contributed by atoms with Gasteiger partial charge in [-0.2, -0.15) is 0 Å². The van der Waals surface area contributed by atoms with E-state index < -0.39 is 16.2 Å². The molecule has 4 nitrogen and oxygen atoms in total. The predicted molar refractivity (Wildman–Crippen MR) is 99.2 cm³/mol. The third kappa shape index (κ3) is 2.58. The van der Waals surface area contributed by atoms with Gasteiger partial charge < -0.3 is 9.84 Å². The second-order valence-electron chi connectivity index (χ2n) is 6.38. The molecule has 25 heavy (non-hydrogen) atoms. The van der Waals surface area contributed by atoms with E-state index in [1.165, 1.54) is 19.3 Å². The molecule has 0 bridgehead atoms. The number of allylic oxidation sites excluding steroid dienone is 5. The van der Waals surface area contributed by atoms with E-state index in [0.717, 1.165) is 11.1 Å². The van der Waals surface area contributed by atoms with Crippen LogP contribution in [0.3, 0.4) is 0 Å². The molecule has 5 heteroatoms. The predicted octanol–water partition coefficient (Wildman–Crippen LogP) is 3.85. The average molecular weight is 403 g/mol. The zero-order chi connectivity index (χ0) is 18.4. The number of methoxy groups -OCH3 is 1. The van der Waals surface area contributed by atoms with Gasteiger partial charge in [0, 0.05) is 23.5 Å². The van der Waals surface area contributed by atoms with Crippen LogP contribution in [0.25, 0.3) is 0 Å². The lowest BCUT2D eigenvalue weighted by atomic mass is 9.62. The van der Waals surface area contributed by atoms with Crippen LogP contribution < -0.4 is 4.74 Å². The number of carbonyl (C=O) groups excluding carboxylic acids is 2. The van der Waals surface area contributed by atoms with Gasteiger partial charge in [-0.15, -0.1) is 0 Å². The molecule has 130 valence electrons. The highest BCUT2D eigenvalue weighted by molar-refractivity contribution is 9.10. The number of ketones is 2. The summed E-state index contributed by atoms with van der Waals surface area (Å²) in [5.74, 6) is -0.565. The summed E-state index contributed by atoms with van der Waals surface area (Å²) < 4.78 is 4.34. The molecule has 0 aromatic heterocycles. The lowest BCUT2D eigenvalue weighted by Crippen LogP contribution is -2.52. The summed E-state index contributed by atoms with van der Waals surface area (Å²) in [7, 11) is 1.51. The minimum Gasteiger partial charge on any atom is -0.508 e. The molecule has 0 amide bonds. The number of aromatic hydroxyl groups is 1. The van der Waals surface area contributed by atoms with Crippen LogP contribution in [0, 0.1) is 5.92 Å². The Bertz CT molecular complexity index is 836. The van der Waals surface area contributed by atoms with Crippen molar-refractivity contribution in [2.24, 2.45) is 5.92 Å². The van der Waals surface area contributed by atoms with Crippen molar-refractivity contribution < 1.29 is 19.4 Å². The molecule has 0 saturated carbocycles. The first kappa shape index (κ1) is 17.7.